The highest BCUT2D eigenvalue weighted by Gasteiger charge is 2.18. The summed E-state index contributed by atoms with van der Waals surface area (Å²) in [5.74, 6) is 0.0658. The number of fused-ring (bicyclic) bond motifs is 1. The Balaban J connectivity index is 1.87. The molecule has 0 bridgehead atoms. The van der Waals surface area contributed by atoms with Gasteiger partial charge in [0.15, 0.2) is 5.76 Å². The molecule has 0 N–H and O–H groups in total. The van der Waals surface area contributed by atoms with Gasteiger partial charge in [0.05, 0.1) is 5.39 Å². The second-order valence-corrected chi connectivity index (χ2v) is 6.52. The van der Waals surface area contributed by atoms with Gasteiger partial charge in [-0.05, 0) is 30.2 Å². The molecule has 3 nitrogen and oxygen atoms in total. The first kappa shape index (κ1) is 18.0. The van der Waals surface area contributed by atoms with E-state index in [1.54, 1.807) is 18.2 Å². The molecule has 140 valence electrons. The van der Waals surface area contributed by atoms with Crippen LogP contribution < -0.4 is 10.2 Å². The van der Waals surface area contributed by atoms with Crippen LogP contribution in [-0.2, 0) is 13.0 Å². The van der Waals surface area contributed by atoms with Crippen molar-refractivity contribution in [3.8, 4) is 17.1 Å². The van der Waals surface area contributed by atoms with Crippen LogP contribution in [0.4, 0.5) is 4.39 Å². The Morgan fingerprint density at radius 3 is 2.46 bits per heavy atom. The van der Waals surface area contributed by atoms with Crippen LogP contribution in [0.15, 0.2) is 82.0 Å². The summed E-state index contributed by atoms with van der Waals surface area (Å²) in [4.78, 5) is 13.2. The fraction of sp³-hybridized carbons (Fsp3) is 0.125. The molecule has 0 radical (unpaired) electrons. The molecule has 0 amide bonds. The second-order valence-electron chi connectivity index (χ2n) is 6.52. The lowest BCUT2D eigenvalue weighted by Gasteiger charge is -2.12. The van der Waals surface area contributed by atoms with Crippen LogP contribution in [0.2, 0.25) is 0 Å². The molecule has 0 aliphatic carbocycles. The maximum atomic E-state index is 14.0. The largest absolute Gasteiger partial charge is 0.481 e. The predicted octanol–water partition coefficient (Wildman–Crippen LogP) is 5.74. The molecule has 0 spiro atoms. The summed E-state index contributed by atoms with van der Waals surface area (Å²) in [6, 6.07) is 21.2. The Labute approximate surface area is 162 Å². The maximum Gasteiger partial charge on any atom is 0.235 e. The molecule has 4 aromatic rings. The minimum atomic E-state index is -0.373. The van der Waals surface area contributed by atoms with Gasteiger partial charge in [-0.3, -0.25) is 4.79 Å². The van der Waals surface area contributed by atoms with E-state index in [0.29, 0.717) is 22.3 Å². The smallest absolute Gasteiger partial charge is 0.235 e. The average molecular weight is 374 g/mol. The second kappa shape index (κ2) is 7.69. The standard InChI is InChI=1S/C24H19FO3/c1-2-16-12-13-21-19(14-16)22(26)24(23(28-21)17-8-4-3-5-9-17)27-15-18-10-6-7-11-20(18)25/h3-14H,2,15H2,1H3. The lowest BCUT2D eigenvalue weighted by Crippen LogP contribution is -2.11. The Bertz CT molecular complexity index is 1180. The normalized spacial score (nSPS) is 10.9. The van der Waals surface area contributed by atoms with Crippen molar-refractivity contribution < 1.29 is 13.5 Å². The zero-order valence-corrected chi connectivity index (χ0v) is 15.4. The molecular formula is C24H19FO3. The number of rotatable bonds is 5. The van der Waals surface area contributed by atoms with Crippen LogP contribution >= 0.6 is 0 Å². The van der Waals surface area contributed by atoms with Crippen molar-refractivity contribution in [1.82, 2.24) is 0 Å². The monoisotopic (exact) mass is 374 g/mol. The molecule has 4 rings (SSSR count). The van der Waals surface area contributed by atoms with Crippen molar-refractivity contribution in [3.05, 3.63) is 100.0 Å². The minimum Gasteiger partial charge on any atom is -0.481 e. The van der Waals surface area contributed by atoms with Crippen LogP contribution in [0.25, 0.3) is 22.3 Å². The van der Waals surface area contributed by atoms with E-state index in [1.165, 1.54) is 6.07 Å². The van der Waals surface area contributed by atoms with Crippen LogP contribution in [0, 0.1) is 5.82 Å². The fourth-order valence-corrected chi connectivity index (χ4v) is 3.12. The SMILES string of the molecule is CCc1ccc2oc(-c3ccccc3)c(OCc3ccccc3F)c(=O)c2c1. The first-order valence-corrected chi connectivity index (χ1v) is 9.18. The topological polar surface area (TPSA) is 39.4 Å². The third-order valence-corrected chi connectivity index (χ3v) is 4.69. The Hall–Kier alpha value is -3.40. The summed E-state index contributed by atoms with van der Waals surface area (Å²) in [6.07, 6.45) is 0.807. The molecule has 0 saturated carbocycles. The molecule has 0 unspecified atom stereocenters. The molecule has 1 heterocycles. The van der Waals surface area contributed by atoms with Gasteiger partial charge in [-0.1, -0.05) is 61.5 Å². The van der Waals surface area contributed by atoms with Gasteiger partial charge >= 0.3 is 0 Å². The van der Waals surface area contributed by atoms with Crippen molar-refractivity contribution in [3.63, 3.8) is 0 Å². The highest BCUT2D eigenvalue weighted by atomic mass is 19.1. The van der Waals surface area contributed by atoms with Crippen LogP contribution in [0.5, 0.6) is 5.75 Å². The molecule has 28 heavy (non-hydrogen) atoms. The van der Waals surface area contributed by atoms with E-state index in [1.807, 2.05) is 55.5 Å². The van der Waals surface area contributed by atoms with Gasteiger partial charge in [0.1, 0.15) is 18.0 Å². The molecule has 1 aromatic heterocycles. The van der Waals surface area contributed by atoms with Crippen molar-refractivity contribution >= 4 is 11.0 Å². The van der Waals surface area contributed by atoms with Gasteiger partial charge in [0.2, 0.25) is 11.2 Å². The van der Waals surface area contributed by atoms with Gasteiger partial charge in [-0.25, -0.2) is 4.39 Å². The number of aryl methyl sites for hydroxylation is 1. The van der Waals surface area contributed by atoms with E-state index in [2.05, 4.69) is 0 Å². The summed E-state index contributed by atoms with van der Waals surface area (Å²) < 4.78 is 25.9. The lowest BCUT2D eigenvalue weighted by atomic mass is 10.1. The highest BCUT2D eigenvalue weighted by molar-refractivity contribution is 5.82. The van der Waals surface area contributed by atoms with Gasteiger partial charge in [-0.15, -0.1) is 0 Å². The Morgan fingerprint density at radius 2 is 1.71 bits per heavy atom. The van der Waals surface area contributed by atoms with E-state index in [-0.39, 0.29) is 23.6 Å². The summed E-state index contributed by atoms with van der Waals surface area (Å²) in [7, 11) is 0. The number of benzene rings is 3. The van der Waals surface area contributed by atoms with E-state index in [9.17, 15) is 9.18 Å². The molecule has 0 aliphatic heterocycles. The van der Waals surface area contributed by atoms with E-state index in [4.69, 9.17) is 9.15 Å². The third kappa shape index (κ3) is 3.41. The summed E-state index contributed by atoms with van der Waals surface area (Å²) >= 11 is 0. The Kier molecular flexibility index (Phi) is 4.94. The van der Waals surface area contributed by atoms with Gasteiger partial charge < -0.3 is 9.15 Å². The number of hydrogen-bond acceptors (Lipinski definition) is 3. The number of halogens is 1. The zero-order valence-electron chi connectivity index (χ0n) is 15.4. The maximum absolute atomic E-state index is 14.0. The molecule has 4 heteroatoms. The van der Waals surface area contributed by atoms with Gasteiger partial charge in [0.25, 0.3) is 0 Å². The van der Waals surface area contributed by atoms with Gasteiger partial charge in [0, 0.05) is 11.1 Å². The molecule has 0 aliphatic rings. The van der Waals surface area contributed by atoms with E-state index < -0.39 is 0 Å². The van der Waals surface area contributed by atoms with Crippen LogP contribution in [0.3, 0.4) is 0 Å². The Morgan fingerprint density at radius 1 is 0.964 bits per heavy atom. The van der Waals surface area contributed by atoms with Gasteiger partial charge in [-0.2, -0.15) is 0 Å². The van der Waals surface area contributed by atoms with Crippen molar-refractivity contribution in [2.75, 3.05) is 0 Å². The average Bonchev–Trinajstić information content (AvgIpc) is 2.74. The van der Waals surface area contributed by atoms with E-state index >= 15 is 0 Å². The van der Waals surface area contributed by atoms with Crippen molar-refractivity contribution in [2.24, 2.45) is 0 Å². The highest BCUT2D eigenvalue weighted by Crippen LogP contribution is 2.31. The molecule has 0 fully saturated rings. The summed E-state index contributed by atoms with van der Waals surface area (Å²) in [5, 5.41) is 0.461. The summed E-state index contributed by atoms with van der Waals surface area (Å²) in [6.45, 7) is 1.97. The predicted molar refractivity (Wildman–Crippen MR) is 108 cm³/mol. The van der Waals surface area contributed by atoms with Crippen LogP contribution in [0.1, 0.15) is 18.1 Å². The number of hydrogen-bond donors (Lipinski definition) is 0. The molecule has 0 saturated heterocycles. The fourth-order valence-electron chi connectivity index (χ4n) is 3.12. The van der Waals surface area contributed by atoms with Crippen molar-refractivity contribution in [2.45, 2.75) is 20.0 Å². The van der Waals surface area contributed by atoms with Crippen molar-refractivity contribution in [1.29, 1.82) is 0 Å². The first-order chi connectivity index (χ1) is 13.7. The molecular weight excluding hydrogens is 355 g/mol. The van der Waals surface area contributed by atoms with E-state index in [0.717, 1.165) is 17.5 Å². The number of ether oxygens (including phenoxy) is 1. The first-order valence-electron chi connectivity index (χ1n) is 9.18. The molecule has 0 atom stereocenters. The summed E-state index contributed by atoms with van der Waals surface area (Å²) in [5.41, 5.74) is 2.38. The van der Waals surface area contributed by atoms with Crippen LogP contribution in [-0.4, -0.2) is 0 Å². The molecule has 3 aromatic carbocycles. The third-order valence-electron chi connectivity index (χ3n) is 4.69. The lowest BCUT2D eigenvalue weighted by molar-refractivity contribution is 0.292. The quantitative estimate of drug-likeness (QED) is 0.447. The minimum absolute atomic E-state index is 0.0593. The zero-order chi connectivity index (χ0) is 19.5.